The zero-order valence-electron chi connectivity index (χ0n) is 14.8. The molecule has 0 amide bonds. The van der Waals surface area contributed by atoms with Gasteiger partial charge in [0.25, 0.3) is 0 Å². The van der Waals surface area contributed by atoms with Crippen molar-refractivity contribution >= 4 is 23.4 Å². The fourth-order valence-electron chi connectivity index (χ4n) is 2.20. The predicted molar refractivity (Wildman–Crippen MR) is 99.6 cm³/mol. The number of hydrogen-bond donors (Lipinski definition) is 1. The zero-order chi connectivity index (χ0) is 18.1. The number of methoxy groups -OCH3 is 1. The van der Waals surface area contributed by atoms with Crippen LogP contribution in [0.3, 0.4) is 0 Å². The van der Waals surface area contributed by atoms with Gasteiger partial charge in [-0.25, -0.2) is 4.68 Å². The molecular weight excluding hydrogens is 362 g/mol. The van der Waals surface area contributed by atoms with E-state index in [0.717, 1.165) is 41.6 Å². The molecule has 0 spiro atoms. The third-order valence-corrected chi connectivity index (χ3v) is 4.71. The van der Waals surface area contributed by atoms with E-state index in [4.69, 9.17) is 21.1 Å². The summed E-state index contributed by atoms with van der Waals surface area (Å²) in [6, 6.07) is 3.70. The van der Waals surface area contributed by atoms with Gasteiger partial charge in [0.2, 0.25) is 5.16 Å². The SMILES string of the molecule is CCCOc1c(CNCCCSc2nnnn2C)cc(Cl)cc1OC. The van der Waals surface area contributed by atoms with Crippen LogP contribution in [0.4, 0.5) is 0 Å². The molecule has 1 aromatic heterocycles. The molecule has 138 valence electrons. The van der Waals surface area contributed by atoms with Gasteiger partial charge in [0.1, 0.15) is 0 Å². The first-order valence-electron chi connectivity index (χ1n) is 8.20. The Morgan fingerprint density at radius 2 is 2.20 bits per heavy atom. The number of hydrogen-bond acceptors (Lipinski definition) is 7. The first-order valence-corrected chi connectivity index (χ1v) is 9.57. The van der Waals surface area contributed by atoms with E-state index in [1.807, 2.05) is 13.1 Å². The molecule has 1 aromatic carbocycles. The van der Waals surface area contributed by atoms with E-state index in [2.05, 4.69) is 27.8 Å². The van der Waals surface area contributed by atoms with E-state index in [-0.39, 0.29) is 0 Å². The molecule has 1 N–H and O–H groups in total. The normalized spacial score (nSPS) is 10.9. The number of nitrogens with one attached hydrogen (secondary N) is 1. The Bertz CT molecular complexity index is 668. The average molecular weight is 386 g/mol. The minimum atomic E-state index is 0.642. The first-order chi connectivity index (χ1) is 12.2. The summed E-state index contributed by atoms with van der Waals surface area (Å²) in [4.78, 5) is 0. The Kier molecular flexibility index (Phi) is 8.30. The van der Waals surface area contributed by atoms with Crippen LogP contribution in [-0.4, -0.2) is 46.2 Å². The summed E-state index contributed by atoms with van der Waals surface area (Å²) >= 11 is 7.83. The number of aryl methyl sites for hydroxylation is 1. The lowest BCUT2D eigenvalue weighted by molar-refractivity contribution is 0.290. The summed E-state index contributed by atoms with van der Waals surface area (Å²) in [6.07, 6.45) is 1.94. The van der Waals surface area contributed by atoms with Crippen molar-refractivity contribution in [2.24, 2.45) is 7.05 Å². The molecule has 0 saturated carbocycles. The molecule has 0 aliphatic carbocycles. The van der Waals surface area contributed by atoms with Crippen molar-refractivity contribution in [1.82, 2.24) is 25.5 Å². The van der Waals surface area contributed by atoms with Crippen molar-refractivity contribution in [2.45, 2.75) is 31.5 Å². The number of rotatable bonds is 11. The molecular formula is C16H24ClN5O2S. The van der Waals surface area contributed by atoms with Crippen LogP contribution in [0.5, 0.6) is 11.5 Å². The molecule has 0 aliphatic heterocycles. The van der Waals surface area contributed by atoms with Gasteiger partial charge in [-0.1, -0.05) is 30.3 Å². The van der Waals surface area contributed by atoms with Gasteiger partial charge in [-0.15, -0.1) is 5.10 Å². The van der Waals surface area contributed by atoms with E-state index >= 15 is 0 Å². The van der Waals surface area contributed by atoms with Crippen LogP contribution < -0.4 is 14.8 Å². The standard InChI is InChI=1S/C16H24ClN5O2S/c1-4-7-24-15-12(9-13(17)10-14(15)23-3)11-18-6-5-8-25-16-19-20-21-22(16)2/h9-10,18H,4-8,11H2,1-3H3. The third kappa shape index (κ3) is 6.05. The van der Waals surface area contributed by atoms with Crippen molar-refractivity contribution in [3.05, 3.63) is 22.7 Å². The number of aromatic nitrogens is 4. The highest BCUT2D eigenvalue weighted by atomic mass is 35.5. The minimum absolute atomic E-state index is 0.642. The lowest BCUT2D eigenvalue weighted by Crippen LogP contribution is -2.16. The van der Waals surface area contributed by atoms with Gasteiger partial charge in [-0.3, -0.25) is 0 Å². The van der Waals surface area contributed by atoms with Crippen LogP contribution >= 0.6 is 23.4 Å². The second-order valence-electron chi connectivity index (χ2n) is 5.41. The topological polar surface area (TPSA) is 74.1 Å². The highest BCUT2D eigenvalue weighted by molar-refractivity contribution is 7.99. The molecule has 0 saturated heterocycles. The number of nitrogens with zero attached hydrogens (tertiary/aromatic N) is 4. The Morgan fingerprint density at radius 3 is 2.88 bits per heavy atom. The summed E-state index contributed by atoms with van der Waals surface area (Å²) in [5.74, 6) is 2.38. The molecule has 7 nitrogen and oxygen atoms in total. The summed E-state index contributed by atoms with van der Waals surface area (Å²) in [7, 11) is 3.46. The highest BCUT2D eigenvalue weighted by Crippen LogP contribution is 2.34. The average Bonchev–Trinajstić information content (AvgIpc) is 3.01. The first kappa shape index (κ1) is 19.8. The quantitative estimate of drug-likeness (QED) is 0.470. The van der Waals surface area contributed by atoms with Crippen molar-refractivity contribution in [3.63, 3.8) is 0 Å². The third-order valence-electron chi connectivity index (χ3n) is 3.39. The Morgan fingerprint density at radius 1 is 1.36 bits per heavy atom. The van der Waals surface area contributed by atoms with Gasteiger partial charge >= 0.3 is 0 Å². The lowest BCUT2D eigenvalue weighted by Gasteiger charge is -2.16. The fraction of sp³-hybridized carbons (Fsp3) is 0.562. The van der Waals surface area contributed by atoms with Gasteiger partial charge in [-0.05, 0) is 35.9 Å². The minimum Gasteiger partial charge on any atom is -0.493 e. The monoisotopic (exact) mass is 385 g/mol. The summed E-state index contributed by atoms with van der Waals surface area (Å²) in [5.41, 5.74) is 1.00. The second-order valence-corrected chi connectivity index (χ2v) is 6.91. The molecule has 25 heavy (non-hydrogen) atoms. The van der Waals surface area contributed by atoms with Crippen LogP contribution in [0.15, 0.2) is 17.3 Å². The molecule has 9 heteroatoms. The van der Waals surface area contributed by atoms with E-state index in [0.29, 0.717) is 23.9 Å². The largest absolute Gasteiger partial charge is 0.493 e. The van der Waals surface area contributed by atoms with Crippen molar-refractivity contribution in [1.29, 1.82) is 0 Å². The van der Waals surface area contributed by atoms with Gasteiger partial charge in [0.05, 0.1) is 13.7 Å². The Hall–Kier alpha value is -1.51. The molecule has 2 aromatic rings. The predicted octanol–water partition coefficient (Wildman–Crippen LogP) is 2.93. The van der Waals surface area contributed by atoms with Crippen molar-refractivity contribution in [2.75, 3.05) is 26.0 Å². The maximum Gasteiger partial charge on any atom is 0.209 e. The zero-order valence-corrected chi connectivity index (χ0v) is 16.4. The van der Waals surface area contributed by atoms with Crippen LogP contribution in [0, 0.1) is 0 Å². The van der Waals surface area contributed by atoms with Crippen molar-refractivity contribution in [3.8, 4) is 11.5 Å². The molecule has 0 unspecified atom stereocenters. The highest BCUT2D eigenvalue weighted by Gasteiger charge is 2.12. The van der Waals surface area contributed by atoms with Gasteiger partial charge < -0.3 is 14.8 Å². The second kappa shape index (κ2) is 10.5. The van der Waals surface area contributed by atoms with Gasteiger partial charge in [0, 0.05) is 36.0 Å². The summed E-state index contributed by atoms with van der Waals surface area (Å²) in [5, 5.41) is 16.3. The molecule has 0 bridgehead atoms. The maximum absolute atomic E-state index is 6.18. The van der Waals surface area contributed by atoms with Gasteiger partial charge in [-0.2, -0.15) is 0 Å². The van der Waals surface area contributed by atoms with Crippen molar-refractivity contribution < 1.29 is 9.47 Å². The van der Waals surface area contributed by atoms with Crippen LogP contribution in [0.2, 0.25) is 5.02 Å². The van der Waals surface area contributed by atoms with Crippen LogP contribution in [-0.2, 0) is 13.6 Å². The van der Waals surface area contributed by atoms with E-state index < -0.39 is 0 Å². The number of halogens is 1. The maximum atomic E-state index is 6.18. The summed E-state index contributed by atoms with van der Waals surface area (Å²) in [6.45, 7) is 4.27. The van der Waals surface area contributed by atoms with E-state index in [1.54, 1.807) is 29.6 Å². The lowest BCUT2D eigenvalue weighted by atomic mass is 10.1. The van der Waals surface area contributed by atoms with Gasteiger partial charge in [0.15, 0.2) is 11.5 Å². The Labute approximate surface area is 157 Å². The van der Waals surface area contributed by atoms with E-state index in [9.17, 15) is 0 Å². The fourth-order valence-corrected chi connectivity index (χ4v) is 3.22. The molecule has 2 rings (SSSR count). The molecule has 0 aliphatic rings. The number of tetrazole rings is 1. The number of ether oxygens (including phenoxy) is 2. The van der Waals surface area contributed by atoms with E-state index in [1.165, 1.54) is 0 Å². The molecule has 0 fully saturated rings. The van der Waals surface area contributed by atoms with Crippen LogP contribution in [0.25, 0.3) is 0 Å². The Balaban J connectivity index is 1.82. The smallest absolute Gasteiger partial charge is 0.209 e. The molecule has 1 heterocycles. The molecule has 0 radical (unpaired) electrons. The summed E-state index contributed by atoms with van der Waals surface area (Å²) < 4.78 is 12.9. The number of benzene rings is 1. The molecule has 0 atom stereocenters. The van der Waals surface area contributed by atoms with Crippen LogP contribution in [0.1, 0.15) is 25.3 Å². The number of thioether (sulfide) groups is 1.